The number of carbonyl (C=O) groups excluding carboxylic acids is 4. The van der Waals surface area contributed by atoms with Gasteiger partial charge in [-0.3, -0.25) is 19.2 Å². The molecule has 20 nitrogen and oxygen atoms in total. The number of carbonyl (C=O) groups is 5. The summed E-state index contributed by atoms with van der Waals surface area (Å²) in [6, 6.07) is 6.52. The van der Waals surface area contributed by atoms with Gasteiger partial charge in [0.2, 0.25) is 17.7 Å². The summed E-state index contributed by atoms with van der Waals surface area (Å²) in [6.45, 7) is 9.89. The Morgan fingerprint density at radius 1 is 0.970 bits per heavy atom. The fraction of sp³-hybridized carbons (Fsp3) is 0.413. The number of ether oxygens (including phenoxy) is 2. The van der Waals surface area contributed by atoms with Crippen LogP contribution in [-0.4, -0.2) is 123 Å². The smallest absolute Gasteiger partial charge is 0.326 e. The zero-order valence-corrected chi connectivity index (χ0v) is 38.0. The SMILES string of the molecule is Cc1cc(C(C)(C)C)cc(O)c1-c1nc(C)c(C(=O)NCC(=O)N(C)[C@@H]2C(=O)N[C@@H](C)C(=O)N[C@H](C(=O)O)Cc3ccc(OC[C@H](O)CN)c(c3)-c3cc2cc(OCCCN)c3O)c(N)n1. The first kappa shape index (κ1) is 50.0. The van der Waals surface area contributed by atoms with E-state index in [9.17, 15) is 44.4 Å². The molecule has 0 radical (unpaired) electrons. The van der Waals surface area contributed by atoms with Crippen molar-refractivity contribution in [3.63, 3.8) is 0 Å². The number of aryl methyl sites for hydroxylation is 2. The van der Waals surface area contributed by atoms with Crippen LogP contribution in [0, 0.1) is 13.8 Å². The van der Waals surface area contributed by atoms with E-state index >= 15 is 0 Å². The molecule has 0 unspecified atom stereocenters. The number of carboxylic acids is 1. The molecule has 0 saturated carbocycles. The lowest BCUT2D eigenvalue weighted by Gasteiger charge is -2.30. The standard InChI is InChI=1S/C46H59N9O11/c1-22-13-27(46(4,5)6)18-32(57)36(22)41-51-23(2)37(40(49)54-41)43(61)50-20-35(58)55(7)38-26-16-30(39(59)34(17-26)65-12-8-11-47)29-14-25(9-10-33(29)66-21-28(56)19-48)15-31(45(63)64)53-42(60)24(3)52-44(38)62/h9-10,13-14,16-18,24,28,31,38,56-57,59H,8,11-12,15,19-21,47-48H2,1-7H3,(H,50,61)(H,52,62)(H,53,60)(H,63,64)(H2,49,51,54)/t24-,28+,31-,38-/m0/s1. The van der Waals surface area contributed by atoms with Crippen molar-refractivity contribution in [3.8, 4) is 45.5 Å². The molecule has 5 rings (SSSR count). The van der Waals surface area contributed by atoms with Gasteiger partial charge in [-0.05, 0) is 91.7 Å². The highest BCUT2D eigenvalue weighted by Gasteiger charge is 2.35. The molecule has 4 aromatic rings. The van der Waals surface area contributed by atoms with Crippen molar-refractivity contribution in [1.29, 1.82) is 0 Å². The van der Waals surface area contributed by atoms with Crippen LogP contribution >= 0.6 is 0 Å². The quantitative estimate of drug-likeness (QED) is 0.0805. The number of carboxylic acid groups (broad SMARTS) is 1. The molecular formula is C46H59N9O11. The lowest BCUT2D eigenvalue weighted by Crippen LogP contribution is -2.53. The first-order chi connectivity index (χ1) is 31.1. The van der Waals surface area contributed by atoms with Gasteiger partial charge in [0, 0.05) is 31.1 Å². The number of aliphatic carboxylic acids is 1. The summed E-state index contributed by atoms with van der Waals surface area (Å²) >= 11 is 0. The van der Waals surface area contributed by atoms with Gasteiger partial charge in [-0.15, -0.1) is 0 Å². The average molecular weight is 914 g/mol. The molecule has 4 amide bonds. The molecule has 0 spiro atoms. The Balaban J connectivity index is 1.56. The highest BCUT2D eigenvalue weighted by atomic mass is 16.5. The number of nitrogen functional groups attached to an aromatic ring is 1. The van der Waals surface area contributed by atoms with E-state index in [1.54, 1.807) is 19.1 Å². The molecule has 66 heavy (non-hydrogen) atoms. The number of likely N-dealkylation sites (N-methyl/N-ethyl adjacent to an activating group) is 1. The second kappa shape index (κ2) is 20.9. The summed E-state index contributed by atoms with van der Waals surface area (Å²) < 4.78 is 11.9. The minimum atomic E-state index is -1.58. The Bertz CT molecular complexity index is 2460. The molecule has 0 aliphatic carbocycles. The van der Waals surface area contributed by atoms with Gasteiger partial charge in [-0.2, -0.15) is 0 Å². The number of phenolic OH excluding ortho intramolecular Hbond substituents is 2. The number of aliphatic hydroxyl groups excluding tert-OH is 1. The third-order valence-corrected chi connectivity index (χ3v) is 11.0. The number of hydrogen-bond donors (Lipinski definition) is 10. The second-order valence-electron chi connectivity index (χ2n) is 17.2. The Hall–Kier alpha value is -7.03. The number of aliphatic hydroxyl groups is 1. The number of phenols is 2. The summed E-state index contributed by atoms with van der Waals surface area (Å²) in [7, 11) is 1.29. The number of hydrogen-bond acceptors (Lipinski definition) is 15. The molecule has 354 valence electrons. The van der Waals surface area contributed by atoms with Crippen molar-refractivity contribution < 1.29 is 53.9 Å². The Kier molecular flexibility index (Phi) is 15.8. The number of nitrogens with two attached hydrogens (primary N) is 3. The molecule has 1 aliphatic heterocycles. The van der Waals surface area contributed by atoms with E-state index in [1.165, 1.54) is 45.2 Å². The maximum atomic E-state index is 14.4. The lowest BCUT2D eigenvalue weighted by atomic mass is 9.85. The number of aromatic nitrogens is 2. The first-order valence-corrected chi connectivity index (χ1v) is 21.3. The third kappa shape index (κ3) is 11.4. The molecule has 13 N–H and O–H groups in total. The fourth-order valence-electron chi connectivity index (χ4n) is 7.30. The zero-order chi connectivity index (χ0) is 48.8. The van der Waals surface area contributed by atoms with Crippen molar-refractivity contribution in [2.24, 2.45) is 11.5 Å². The summed E-state index contributed by atoms with van der Waals surface area (Å²) in [5.74, 6) is -5.33. The van der Waals surface area contributed by atoms with Crippen LogP contribution in [0.2, 0.25) is 0 Å². The van der Waals surface area contributed by atoms with Crippen molar-refractivity contribution >= 4 is 35.4 Å². The maximum absolute atomic E-state index is 14.4. The van der Waals surface area contributed by atoms with E-state index in [-0.39, 0.29) is 95.0 Å². The van der Waals surface area contributed by atoms with Crippen LogP contribution in [0.3, 0.4) is 0 Å². The lowest BCUT2D eigenvalue weighted by molar-refractivity contribution is -0.142. The second-order valence-corrected chi connectivity index (χ2v) is 17.2. The Morgan fingerprint density at radius 3 is 2.30 bits per heavy atom. The van der Waals surface area contributed by atoms with E-state index in [4.69, 9.17) is 26.7 Å². The molecule has 4 bridgehead atoms. The fourth-order valence-corrected chi connectivity index (χ4v) is 7.30. The van der Waals surface area contributed by atoms with Crippen LogP contribution in [0.15, 0.2) is 42.5 Å². The van der Waals surface area contributed by atoms with E-state index in [0.717, 1.165) is 10.5 Å². The summed E-state index contributed by atoms with van der Waals surface area (Å²) in [5.41, 5.74) is 20.0. The Morgan fingerprint density at radius 2 is 1.68 bits per heavy atom. The minimum absolute atomic E-state index is 0.0327. The first-order valence-electron chi connectivity index (χ1n) is 21.3. The molecule has 3 aromatic carbocycles. The maximum Gasteiger partial charge on any atom is 0.326 e. The molecule has 1 aliphatic rings. The van der Waals surface area contributed by atoms with Gasteiger partial charge >= 0.3 is 5.97 Å². The predicted octanol–water partition coefficient (Wildman–Crippen LogP) is 1.70. The Labute approximate surface area is 381 Å². The number of aromatic hydroxyl groups is 2. The number of benzene rings is 3. The van der Waals surface area contributed by atoms with Crippen molar-refractivity contribution in [2.75, 3.05) is 45.6 Å². The molecule has 2 heterocycles. The number of anilines is 1. The molecule has 20 heteroatoms. The normalized spacial score (nSPS) is 16.8. The van der Waals surface area contributed by atoms with Crippen molar-refractivity contribution in [2.45, 2.75) is 84.0 Å². The number of rotatable bonds is 14. The van der Waals surface area contributed by atoms with Gasteiger partial charge in [0.25, 0.3) is 5.91 Å². The van der Waals surface area contributed by atoms with Gasteiger partial charge in [-0.25, -0.2) is 14.8 Å². The summed E-state index contributed by atoms with van der Waals surface area (Å²) in [5, 5.41) is 50.7. The minimum Gasteiger partial charge on any atom is -0.507 e. The average Bonchev–Trinajstić information content (AvgIpc) is 3.24. The topological polar surface area (TPSA) is 328 Å². The van der Waals surface area contributed by atoms with Crippen LogP contribution in [0.1, 0.15) is 78.5 Å². The largest absolute Gasteiger partial charge is 0.507 e. The predicted molar refractivity (Wildman–Crippen MR) is 244 cm³/mol. The van der Waals surface area contributed by atoms with Gasteiger partial charge in [-0.1, -0.05) is 32.9 Å². The van der Waals surface area contributed by atoms with Crippen molar-refractivity contribution in [1.82, 2.24) is 30.8 Å². The van der Waals surface area contributed by atoms with Gasteiger partial charge in [0.1, 0.15) is 53.7 Å². The van der Waals surface area contributed by atoms with Gasteiger partial charge in [0.05, 0.1) is 24.4 Å². The number of amides is 4. The van der Waals surface area contributed by atoms with Crippen LogP contribution < -0.4 is 42.6 Å². The van der Waals surface area contributed by atoms with Crippen molar-refractivity contribution in [3.05, 3.63) is 76.0 Å². The highest BCUT2D eigenvalue weighted by Crippen LogP contribution is 2.45. The zero-order valence-electron chi connectivity index (χ0n) is 38.0. The number of fused-ring (bicyclic) bond motifs is 5. The van der Waals surface area contributed by atoms with E-state index in [2.05, 4.69) is 25.9 Å². The van der Waals surface area contributed by atoms with Crippen LogP contribution in [0.5, 0.6) is 23.0 Å². The number of nitrogens with one attached hydrogen (secondary N) is 3. The summed E-state index contributed by atoms with van der Waals surface area (Å²) in [6.07, 6.45) is -0.924. The monoisotopic (exact) mass is 913 g/mol. The van der Waals surface area contributed by atoms with Gasteiger partial charge in [0.15, 0.2) is 17.3 Å². The van der Waals surface area contributed by atoms with Gasteiger partial charge < -0.3 is 68.0 Å². The highest BCUT2D eigenvalue weighted by molar-refractivity contribution is 6.02. The van der Waals surface area contributed by atoms with Crippen LogP contribution in [0.4, 0.5) is 5.82 Å². The number of nitrogens with zero attached hydrogens (tertiary/aromatic N) is 3. The van der Waals surface area contributed by atoms with Crippen LogP contribution in [-0.2, 0) is 31.0 Å². The van der Waals surface area contributed by atoms with E-state index < -0.39 is 66.1 Å². The molecule has 0 saturated heterocycles. The third-order valence-electron chi connectivity index (χ3n) is 11.0. The van der Waals surface area contributed by atoms with E-state index in [1.807, 2.05) is 26.8 Å². The molecular weight excluding hydrogens is 855 g/mol. The van der Waals surface area contributed by atoms with E-state index in [0.29, 0.717) is 23.1 Å². The molecule has 0 fully saturated rings. The molecule has 4 atom stereocenters. The van der Waals surface area contributed by atoms with Crippen LogP contribution in [0.25, 0.3) is 22.5 Å². The summed E-state index contributed by atoms with van der Waals surface area (Å²) in [4.78, 5) is 77.9. The molecule has 1 aromatic heterocycles.